The predicted molar refractivity (Wildman–Crippen MR) is 149 cm³/mol. The lowest BCUT2D eigenvalue weighted by molar-refractivity contribution is 0.305. The number of hydrogen-bond donors (Lipinski definition) is 0. The number of aryl methyl sites for hydroxylation is 3. The van der Waals surface area contributed by atoms with Gasteiger partial charge in [0.25, 0.3) is 0 Å². The predicted octanol–water partition coefficient (Wildman–Crippen LogP) is 9.67. The number of allylic oxidation sites excluding steroid dienone is 1. The maximum atomic E-state index is 12.4. The van der Waals surface area contributed by atoms with Crippen LogP contribution in [0.3, 0.4) is 0 Å². The van der Waals surface area contributed by atoms with E-state index in [9.17, 15) is 4.39 Å². The smallest absolute Gasteiger partial charge is 0.0897 e. The van der Waals surface area contributed by atoms with Gasteiger partial charge in [-0.2, -0.15) is 0 Å². The highest BCUT2D eigenvalue weighted by molar-refractivity contribution is 5.64. The minimum absolute atomic E-state index is 0.245. The highest BCUT2D eigenvalue weighted by Gasteiger charge is 2.21. The fourth-order valence-corrected chi connectivity index (χ4v) is 5.58. The van der Waals surface area contributed by atoms with Crippen molar-refractivity contribution < 1.29 is 4.39 Å². The van der Waals surface area contributed by atoms with E-state index in [1.54, 1.807) is 5.56 Å². The first-order chi connectivity index (χ1) is 17.2. The Balaban J connectivity index is 1.24. The molecule has 0 spiro atoms. The highest BCUT2D eigenvalue weighted by Crippen LogP contribution is 2.37. The van der Waals surface area contributed by atoms with Gasteiger partial charge in [-0.25, -0.2) is 0 Å². The molecule has 0 radical (unpaired) electrons. The molecule has 1 fully saturated rings. The van der Waals surface area contributed by atoms with Gasteiger partial charge in [0.05, 0.1) is 6.67 Å². The molecule has 3 aromatic carbocycles. The molecule has 1 aliphatic carbocycles. The molecule has 0 saturated heterocycles. The second-order valence-electron chi connectivity index (χ2n) is 10.4. The van der Waals surface area contributed by atoms with Gasteiger partial charge in [-0.05, 0) is 109 Å². The summed E-state index contributed by atoms with van der Waals surface area (Å²) in [6, 6.07) is 27.0. The summed E-state index contributed by atoms with van der Waals surface area (Å²) in [6.45, 7) is 3.60. The first-order valence-electron chi connectivity index (χ1n) is 13.7. The van der Waals surface area contributed by atoms with E-state index in [4.69, 9.17) is 0 Å². The molecule has 184 valence electrons. The van der Waals surface area contributed by atoms with Gasteiger partial charge in [0.15, 0.2) is 0 Å². The number of unbranched alkanes of at least 4 members (excludes halogenated alkanes) is 1. The van der Waals surface area contributed by atoms with Gasteiger partial charge in [0.2, 0.25) is 0 Å². The van der Waals surface area contributed by atoms with Gasteiger partial charge in [-0.1, -0.05) is 85.3 Å². The number of benzene rings is 3. The summed E-state index contributed by atoms with van der Waals surface area (Å²) in [6.07, 6.45) is 15.0. The van der Waals surface area contributed by atoms with E-state index in [0.29, 0.717) is 6.42 Å². The van der Waals surface area contributed by atoms with Gasteiger partial charge >= 0.3 is 0 Å². The standard InChI is InChI=1S/C34H41F/c1-2-3-4-6-27-10-18-31(19-11-27)33-22-14-29(15-23-33)8-9-30-16-24-34(25-17-30)32-20-12-28(13-21-32)7-5-26-35/h2,12-17,20-25,27,31H,1,3-11,18-19,26H2. The van der Waals surface area contributed by atoms with Crippen molar-refractivity contribution >= 4 is 0 Å². The van der Waals surface area contributed by atoms with Crippen LogP contribution in [0.5, 0.6) is 0 Å². The first-order valence-corrected chi connectivity index (χ1v) is 13.7. The van der Waals surface area contributed by atoms with E-state index in [1.165, 1.54) is 72.8 Å². The van der Waals surface area contributed by atoms with Crippen molar-refractivity contribution in [1.82, 2.24) is 0 Å². The summed E-state index contributed by atoms with van der Waals surface area (Å²) in [4.78, 5) is 0. The molecule has 1 saturated carbocycles. The summed E-state index contributed by atoms with van der Waals surface area (Å²) in [7, 11) is 0. The van der Waals surface area contributed by atoms with Crippen LogP contribution in [0.25, 0.3) is 11.1 Å². The molecule has 0 unspecified atom stereocenters. The van der Waals surface area contributed by atoms with Gasteiger partial charge in [0, 0.05) is 0 Å². The van der Waals surface area contributed by atoms with E-state index in [2.05, 4.69) is 85.5 Å². The molecular formula is C34H41F. The summed E-state index contributed by atoms with van der Waals surface area (Å²) in [5.74, 6) is 1.69. The van der Waals surface area contributed by atoms with Gasteiger partial charge in [-0.15, -0.1) is 6.58 Å². The van der Waals surface area contributed by atoms with Crippen molar-refractivity contribution in [2.75, 3.05) is 6.67 Å². The molecule has 0 nitrogen and oxygen atoms in total. The van der Waals surface area contributed by atoms with Crippen LogP contribution in [0.15, 0.2) is 85.5 Å². The van der Waals surface area contributed by atoms with Crippen molar-refractivity contribution in [2.24, 2.45) is 5.92 Å². The van der Waals surface area contributed by atoms with Crippen molar-refractivity contribution in [3.05, 3.63) is 108 Å². The third-order valence-corrected chi connectivity index (χ3v) is 7.86. The maximum absolute atomic E-state index is 12.4. The Hall–Kier alpha value is -2.67. The third kappa shape index (κ3) is 7.66. The number of hydrogen-bond acceptors (Lipinski definition) is 0. The van der Waals surface area contributed by atoms with Gasteiger partial charge in [-0.3, -0.25) is 4.39 Å². The molecule has 0 bridgehead atoms. The van der Waals surface area contributed by atoms with E-state index in [-0.39, 0.29) is 6.67 Å². The van der Waals surface area contributed by atoms with Crippen LogP contribution in [-0.2, 0) is 19.3 Å². The van der Waals surface area contributed by atoms with Crippen molar-refractivity contribution in [3.8, 4) is 11.1 Å². The zero-order valence-corrected chi connectivity index (χ0v) is 21.2. The summed E-state index contributed by atoms with van der Waals surface area (Å²) in [5.41, 5.74) is 8.03. The number of rotatable bonds is 12. The summed E-state index contributed by atoms with van der Waals surface area (Å²) in [5, 5.41) is 0. The Labute approximate surface area is 212 Å². The average Bonchev–Trinajstić information content (AvgIpc) is 2.92. The quantitative estimate of drug-likeness (QED) is 0.183. The normalized spacial score (nSPS) is 17.9. The minimum atomic E-state index is -0.245. The van der Waals surface area contributed by atoms with Crippen molar-refractivity contribution in [1.29, 1.82) is 0 Å². The Kier molecular flexibility index (Phi) is 9.75. The number of alkyl halides is 1. The lowest BCUT2D eigenvalue weighted by Crippen LogP contribution is -2.13. The van der Waals surface area contributed by atoms with Crippen LogP contribution in [0.2, 0.25) is 0 Å². The molecule has 35 heavy (non-hydrogen) atoms. The van der Waals surface area contributed by atoms with Crippen LogP contribution in [-0.4, -0.2) is 6.67 Å². The van der Waals surface area contributed by atoms with E-state index >= 15 is 0 Å². The third-order valence-electron chi connectivity index (χ3n) is 7.86. The molecule has 0 aliphatic heterocycles. The zero-order valence-electron chi connectivity index (χ0n) is 21.2. The molecule has 0 aromatic heterocycles. The SMILES string of the molecule is C=CCCCC1CCC(c2ccc(CCc3ccc(-c4ccc(CCCF)cc4)cc3)cc2)CC1. The van der Waals surface area contributed by atoms with Crippen LogP contribution >= 0.6 is 0 Å². The lowest BCUT2D eigenvalue weighted by atomic mass is 9.77. The Bertz CT molecular complexity index is 1010. The second-order valence-corrected chi connectivity index (χ2v) is 10.4. The summed E-state index contributed by atoms with van der Waals surface area (Å²) >= 11 is 0. The van der Waals surface area contributed by atoms with Crippen molar-refractivity contribution in [3.63, 3.8) is 0 Å². The molecule has 0 amide bonds. The van der Waals surface area contributed by atoms with Gasteiger partial charge in [0.1, 0.15) is 0 Å². The fraction of sp³-hybridized carbons (Fsp3) is 0.412. The fourth-order valence-electron chi connectivity index (χ4n) is 5.58. The lowest BCUT2D eigenvalue weighted by Gasteiger charge is -2.29. The first kappa shape index (κ1) is 25.4. The van der Waals surface area contributed by atoms with Gasteiger partial charge < -0.3 is 0 Å². The van der Waals surface area contributed by atoms with E-state index in [1.807, 2.05) is 0 Å². The van der Waals surface area contributed by atoms with Crippen LogP contribution in [0, 0.1) is 5.92 Å². The molecular weight excluding hydrogens is 427 g/mol. The van der Waals surface area contributed by atoms with Crippen LogP contribution in [0.4, 0.5) is 4.39 Å². The molecule has 4 rings (SSSR count). The van der Waals surface area contributed by atoms with E-state index < -0.39 is 0 Å². The molecule has 3 aromatic rings. The minimum Gasteiger partial charge on any atom is -0.251 e. The summed E-state index contributed by atoms with van der Waals surface area (Å²) < 4.78 is 12.4. The van der Waals surface area contributed by atoms with Crippen molar-refractivity contribution in [2.45, 2.75) is 76.5 Å². The molecule has 0 atom stereocenters. The zero-order chi connectivity index (χ0) is 24.3. The highest BCUT2D eigenvalue weighted by atomic mass is 19.1. The largest absolute Gasteiger partial charge is 0.251 e. The Morgan fingerprint density at radius 1 is 0.657 bits per heavy atom. The monoisotopic (exact) mass is 468 g/mol. The van der Waals surface area contributed by atoms with Crippen LogP contribution < -0.4 is 0 Å². The maximum Gasteiger partial charge on any atom is 0.0897 e. The second kappa shape index (κ2) is 13.4. The molecule has 1 aliphatic rings. The average molecular weight is 469 g/mol. The Morgan fingerprint density at radius 2 is 1.17 bits per heavy atom. The molecule has 0 heterocycles. The number of halogens is 1. The van der Waals surface area contributed by atoms with Crippen LogP contribution in [0.1, 0.15) is 79.5 Å². The Morgan fingerprint density at radius 3 is 1.69 bits per heavy atom. The molecule has 1 heteroatoms. The molecule has 0 N–H and O–H groups in total. The topological polar surface area (TPSA) is 0 Å². The van der Waals surface area contributed by atoms with E-state index in [0.717, 1.165) is 31.1 Å².